The highest BCUT2D eigenvalue weighted by Gasteiger charge is 2.39. The van der Waals surface area contributed by atoms with Crippen LogP contribution >= 0.6 is 0 Å². The topological polar surface area (TPSA) is 111 Å². The van der Waals surface area contributed by atoms with E-state index in [1.165, 1.54) is 0 Å². The molecule has 3 aliphatic rings. The summed E-state index contributed by atoms with van der Waals surface area (Å²) in [6.07, 6.45) is 3.92. The molecule has 206 valence electrons. The molecule has 0 spiro atoms. The quantitative estimate of drug-likeness (QED) is 0.640. The number of nitrogens with zero attached hydrogens (tertiary/aromatic N) is 5. The van der Waals surface area contributed by atoms with Crippen LogP contribution in [0.15, 0.2) is 30.5 Å². The van der Waals surface area contributed by atoms with Crippen LogP contribution in [0, 0.1) is 0 Å². The Kier molecular flexibility index (Phi) is 8.25. The fraction of sp³-hybridized carbons (Fsp3) is 0.630. The minimum atomic E-state index is -0.618. The molecule has 1 N–H and O–H groups in total. The summed E-state index contributed by atoms with van der Waals surface area (Å²) in [5.74, 6) is 0.185. The van der Waals surface area contributed by atoms with Crippen LogP contribution in [-0.4, -0.2) is 101 Å². The molecular weight excluding hydrogens is 488 g/mol. The zero-order chi connectivity index (χ0) is 26.6. The Balaban J connectivity index is 1.42. The molecule has 1 aromatic carbocycles. The molecule has 0 saturated carbocycles. The van der Waals surface area contributed by atoms with Crippen molar-refractivity contribution >= 4 is 11.8 Å². The lowest BCUT2D eigenvalue weighted by molar-refractivity contribution is -0.131. The SMILES string of the molecule is COCc1cn([C@@H]2CC[C@H]3CCOc4ccccc4C(=O)N4CCN(C(C)C)C[C@H]4C(=O)NC[C@H]2O3)nn1. The first-order valence-electron chi connectivity index (χ1n) is 13.5. The molecule has 2 amide bonds. The van der Waals surface area contributed by atoms with E-state index in [1.807, 2.05) is 29.1 Å². The number of para-hydroxylation sites is 1. The smallest absolute Gasteiger partial charge is 0.258 e. The van der Waals surface area contributed by atoms with Crippen LogP contribution in [0.2, 0.25) is 0 Å². The molecule has 2 saturated heterocycles. The normalized spacial score (nSPS) is 27.2. The van der Waals surface area contributed by atoms with Crippen LogP contribution in [0.25, 0.3) is 0 Å². The van der Waals surface area contributed by atoms with Crippen molar-refractivity contribution in [2.24, 2.45) is 0 Å². The molecule has 4 atom stereocenters. The number of hydrogen-bond donors (Lipinski definition) is 1. The van der Waals surface area contributed by atoms with Crippen LogP contribution in [0.5, 0.6) is 5.75 Å². The zero-order valence-corrected chi connectivity index (χ0v) is 22.4. The predicted molar refractivity (Wildman–Crippen MR) is 139 cm³/mol. The third-order valence-corrected chi connectivity index (χ3v) is 7.77. The number of aromatic nitrogens is 3. The van der Waals surface area contributed by atoms with E-state index in [9.17, 15) is 9.59 Å². The van der Waals surface area contributed by atoms with E-state index in [0.29, 0.717) is 57.1 Å². The van der Waals surface area contributed by atoms with Gasteiger partial charge in [-0.2, -0.15) is 0 Å². The van der Waals surface area contributed by atoms with Crippen LogP contribution in [0.1, 0.15) is 55.2 Å². The number of benzene rings is 1. The molecular formula is C27H38N6O5. The van der Waals surface area contributed by atoms with Gasteiger partial charge in [0.15, 0.2) is 0 Å². The number of rotatable bonds is 4. The number of amides is 2. The monoisotopic (exact) mass is 526 g/mol. The summed E-state index contributed by atoms with van der Waals surface area (Å²) in [5, 5.41) is 11.7. The van der Waals surface area contributed by atoms with Gasteiger partial charge in [-0.3, -0.25) is 14.5 Å². The van der Waals surface area contributed by atoms with E-state index in [4.69, 9.17) is 14.2 Å². The first kappa shape index (κ1) is 26.6. The van der Waals surface area contributed by atoms with Crippen molar-refractivity contribution in [3.05, 3.63) is 41.7 Å². The fourth-order valence-electron chi connectivity index (χ4n) is 5.62. The third-order valence-electron chi connectivity index (χ3n) is 7.77. The van der Waals surface area contributed by atoms with Gasteiger partial charge in [0.2, 0.25) is 5.91 Å². The van der Waals surface area contributed by atoms with Gasteiger partial charge in [0.05, 0.1) is 43.2 Å². The number of ether oxygens (including phenoxy) is 3. The highest BCUT2D eigenvalue weighted by Crippen LogP contribution is 2.31. The predicted octanol–water partition coefficient (Wildman–Crippen LogP) is 1.65. The molecule has 11 nitrogen and oxygen atoms in total. The number of carbonyl (C=O) groups is 2. The van der Waals surface area contributed by atoms with Gasteiger partial charge < -0.3 is 24.4 Å². The molecule has 3 aliphatic heterocycles. The van der Waals surface area contributed by atoms with Crippen LogP contribution in [-0.2, 0) is 20.9 Å². The maximum absolute atomic E-state index is 13.7. The molecule has 4 heterocycles. The van der Waals surface area contributed by atoms with Gasteiger partial charge in [-0.15, -0.1) is 5.10 Å². The summed E-state index contributed by atoms with van der Waals surface area (Å²) in [4.78, 5) is 31.3. The Morgan fingerprint density at radius 3 is 2.82 bits per heavy atom. The van der Waals surface area contributed by atoms with E-state index < -0.39 is 6.04 Å². The summed E-state index contributed by atoms with van der Waals surface area (Å²) in [6.45, 7) is 7.00. The number of fused-ring (bicyclic) bond motifs is 4. The maximum Gasteiger partial charge on any atom is 0.258 e. The van der Waals surface area contributed by atoms with Crippen LogP contribution in [0.3, 0.4) is 0 Å². The summed E-state index contributed by atoms with van der Waals surface area (Å²) in [7, 11) is 1.63. The molecule has 0 unspecified atom stereocenters. The summed E-state index contributed by atoms with van der Waals surface area (Å²) in [5.41, 5.74) is 1.23. The molecule has 2 bridgehead atoms. The zero-order valence-electron chi connectivity index (χ0n) is 22.4. The number of methoxy groups -OCH3 is 1. The lowest BCUT2D eigenvalue weighted by Gasteiger charge is -2.43. The third kappa shape index (κ3) is 5.69. The van der Waals surface area contributed by atoms with Gasteiger partial charge in [-0.05, 0) is 38.8 Å². The van der Waals surface area contributed by atoms with E-state index in [-0.39, 0.29) is 36.1 Å². The first-order chi connectivity index (χ1) is 18.4. The molecule has 38 heavy (non-hydrogen) atoms. The van der Waals surface area contributed by atoms with E-state index in [0.717, 1.165) is 18.5 Å². The van der Waals surface area contributed by atoms with Crippen LogP contribution < -0.4 is 10.1 Å². The standard InChI is InChI=1S/C27H38N6O5/c1-18(2)31-11-12-32-23(16-31)26(34)28-14-25-22(33-15-19(17-36-3)29-30-33)9-8-20(38-25)10-13-37-24-7-5-4-6-21(24)27(32)35/h4-7,15,18,20,22-23,25H,8-14,16-17H2,1-3H3,(H,28,34)/t20-,22+,23-,25+/m0/s1. The van der Waals surface area contributed by atoms with Gasteiger partial charge in [0.25, 0.3) is 5.91 Å². The largest absolute Gasteiger partial charge is 0.493 e. The number of piperazine rings is 1. The van der Waals surface area contributed by atoms with Gasteiger partial charge in [-0.25, -0.2) is 4.68 Å². The van der Waals surface area contributed by atoms with Gasteiger partial charge in [0, 0.05) is 45.8 Å². The molecule has 1 aromatic heterocycles. The molecule has 2 fully saturated rings. The fourth-order valence-corrected chi connectivity index (χ4v) is 5.62. The second-order valence-corrected chi connectivity index (χ2v) is 10.5. The number of nitrogens with one attached hydrogen (secondary N) is 1. The van der Waals surface area contributed by atoms with Gasteiger partial charge in [0.1, 0.15) is 17.5 Å². The average molecular weight is 527 g/mol. The Morgan fingerprint density at radius 2 is 2.00 bits per heavy atom. The minimum Gasteiger partial charge on any atom is -0.493 e. The molecule has 0 aliphatic carbocycles. The van der Waals surface area contributed by atoms with E-state index >= 15 is 0 Å². The lowest BCUT2D eigenvalue weighted by Crippen LogP contribution is -2.62. The van der Waals surface area contributed by atoms with Crippen molar-refractivity contribution in [3.8, 4) is 5.75 Å². The minimum absolute atomic E-state index is 0.0245. The first-order valence-corrected chi connectivity index (χ1v) is 13.5. The highest BCUT2D eigenvalue weighted by atomic mass is 16.5. The lowest BCUT2D eigenvalue weighted by atomic mass is 9.96. The molecule has 0 radical (unpaired) electrons. The van der Waals surface area contributed by atoms with Gasteiger partial charge >= 0.3 is 0 Å². The Bertz CT molecular complexity index is 1120. The molecule has 11 heteroatoms. The van der Waals surface area contributed by atoms with Crippen molar-refractivity contribution in [2.75, 3.05) is 39.9 Å². The second-order valence-electron chi connectivity index (χ2n) is 10.5. The Hall–Kier alpha value is -3.02. The van der Waals surface area contributed by atoms with Crippen molar-refractivity contribution in [1.29, 1.82) is 0 Å². The maximum atomic E-state index is 13.7. The summed E-state index contributed by atoms with van der Waals surface area (Å²) >= 11 is 0. The van der Waals surface area contributed by atoms with Crippen molar-refractivity contribution < 1.29 is 23.8 Å². The van der Waals surface area contributed by atoms with E-state index in [1.54, 1.807) is 18.1 Å². The molecule has 5 rings (SSSR count). The van der Waals surface area contributed by atoms with Crippen molar-refractivity contribution in [2.45, 2.75) is 70.1 Å². The van der Waals surface area contributed by atoms with E-state index in [2.05, 4.69) is 34.4 Å². The second kappa shape index (κ2) is 11.8. The highest BCUT2D eigenvalue weighted by molar-refractivity contribution is 6.00. The summed E-state index contributed by atoms with van der Waals surface area (Å²) in [6, 6.07) is 6.87. The number of hydrogen-bond acceptors (Lipinski definition) is 8. The van der Waals surface area contributed by atoms with Crippen LogP contribution in [0.4, 0.5) is 0 Å². The number of carbonyl (C=O) groups excluding carboxylic acids is 2. The summed E-state index contributed by atoms with van der Waals surface area (Å²) < 4.78 is 19.7. The van der Waals surface area contributed by atoms with Crippen molar-refractivity contribution in [3.63, 3.8) is 0 Å². The molecule has 2 aromatic rings. The Morgan fingerprint density at radius 1 is 1.16 bits per heavy atom. The van der Waals surface area contributed by atoms with Crippen molar-refractivity contribution in [1.82, 2.24) is 30.1 Å². The average Bonchev–Trinajstić information content (AvgIpc) is 3.39. The Labute approximate surface area is 223 Å². The van der Waals surface area contributed by atoms with Gasteiger partial charge in [-0.1, -0.05) is 17.3 Å².